The van der Waals surface area contributed by atoms with Crippen molar-refractivity contribution in [3.05, 3.63) is 59.8 Å². The molecule has 0 atom stereocenters. The summed E-state index contributed by atoms with van der Waals surface area (Å²) in [5, 5.41) is 10.7. The summed E-state index contributed by atoms with van der Waals surface area (Å²) in [6.07, 6.45) is 1.77. The van der Waals surface area contributed by atoms with Crippen molar-refractivity contribution < 1.29 is 22.3 Å². The standard InChI is InChI=1S/C18H18FN5O4S/c19-14-5-4-13(11-15(14)29(26,27)23-7-9-28-10-8-23)18(25)20-12-17-22-21-16-3-1-2-6-24(16)17/h1-6,11H,7-10,12H2,(H,20,25). The van der Waals surface area contributed by atoms with Gasteiger partial charge >= 0.3 is 0 Å². The fourth-order valence-electron chi connectivity index (χ4n) is 3.04. The van der Waals surface area contributed by atoms with Gasteiger partial charge in [-0.2, -0.15) is 4.31 Å². The van der Waals surface area contributed by atoms with Gasteiger partial charge < -0.3 is 10.1 Å². The van der Waals surface area contributed by atoms with Crippen LogP contribution in [0.25, 0.3) is 5.65 Å². The summed E-state index contributed by atoms with van der Waals surface area (Å²) in [6, 6.07) is 8.68. The van der Waals surface area contributed by atoms with Crippen LogP contribution in [0.5, 0.6) is 0 Å². The lowest BCUT2D eigenvalue weighted by Gasteiger charge is -2.26. The number of rotatable bonds is 5. The first-order valence-corrected chi connectivity index (χ1v) is 10.3. The number of pyridine rings is 1. The van der Waals surface area contributed by atoms with Crippen LogP contribution in [0.3, 0.4) is 0 Å². The molecule has 1 aromatic carbocycles. The molecule has 1 fully saturated rings. The van der Waals surface area contributed by atoms with E-state index in [1.807, 2.05) is 12.1 Å². The molecule has 9 nitrogen and oxygen atoms in total. The molecule has 2 aromatic heterocycles. The topological polar surface area (TPSA) is 106 Å². The lowest BCUT2D eigenvalue weighted by Crippen LogP contribution is -2.41. The highest BCUT2D eigenvalue weighted by molar-refractivity contribution is 7.89. The first-order chi connectivity index (χ1) is 14.0. The second kappa shape index (κ2) is 7.85. The number of halogens is 1. The Kier molecular flexibility index (Phi) is 5.26. The predicted octanol–water partition coefficient (Wildman–Crippen LogP) is 0.819. The van der Waals surface area contributed by atoms with E-state index in [4.69, 9.17) is 4.74 Å². The number of benzene rings is 1. The second-order valence-corrected chi connectivity index (χ2v) is 8.30. The molecule has 152 valence electrons. The van der Waals surface area contributed by atoms with Gasteiger partial charge in [0.15, 0.2) is 11.5 Å². The smallest absolute Gasteiger partial charge is 0.251 e. The van der Waals surface area contributed by atoms with Crippen molar-refractivity contribution in [2.45, 2.75) is 11.4 Å². The molecule has 4 rings (SSSR count). The van der Waals surface area contributed by atoms with Gasteiger partial charge in [0.1, 0.15) is 10.7 Å². The molecule has 11 heteroatoms. The number of hydrogen-bond acceptors (Lipinski definition) is 6. The van der Waals surface area contributed by atoms with Crippen LogP contribution in [0.1, 0.15) is 16.2 Å². The summed E-state index contributed by atoms with van der Waals surface area (Å²) in [7, 11) is -4.06. The van der Waals surface area contributed by atoms with Gasteiger partial charge in [0.2, 0.25) is 10.0 Å². The van der Waals surface area contributed by atoms with E-state index in [-0.39, 0.29) is 38.4 Å². The Morgan fingerprint density at radius 1 is 1.17 bits per heavy atom. The summed E-state index contributed by atoms with van der Waals surface area (Å²) in [4.78, 5) is 12.0. The van der Waals surface area contributed by atoms with E-state index in [9.17, 15) is 17.6 Å². The third-order valence-corrected chi connectivity index (χ3v) is 6.49. The van der Waals surface area contributed by atoms with Gasteiger partial charge in [-0.05, 0) is 30.3 Å². The number of sulfonamides is 1. The molecule has 0 unspecified atom stereocenters. The van der Waals surface area contributed by atoms with Crippen molar-refractivity contribution in [3.63, 3.8) is 0 Å². The minimum atomic E-state index is -4.06. The van der Waals surface area contributed by atoms with Crippen molar-refractivity contribution in [3.8, 4) is 0 Å². The molecule has 1 saturated heterocycles. The molecule has 29 heavy (non-hydrogen) atoms. The van der Waals surface area contributed by atoms with Crippen LogP contribution in [0.2, 0.25) is 0 Å². The zero-order valence-corrected chi connectivity index (χ0v) is 16.1. The highest BCUT2D eigenvalue weighted by Gasteiger charge is 2.29. The van der Waals surface area contributed by atoms with Gasteiger partial charge in [-0.15, -0.1) is 10.2 Å². The highest BCUT2D eigenvalue weighted by Crippen LogP contribution is 2.22. The number of fused-ring (bicyclic) bond motifs is 1. The van der Waals surface area contributed by atoms with Crippen molar-refractivity contribution >= 4 is 21.6 Å². The SMILES string of the molecule is O=C(NCc1nnc2ccccn12)c1ccc(F)c(S(=O)(=O)N2CCOCC2)c1. The number of amides is 1. The lowest BCUT2D eigenvalue weighted by molar-refractivity contribution is 0.0729. The Bertz CT molecular complexity index is 1160. The summed E-state index contributed by atoms with van der Waals surface area (Å²) in [5.74, 6) is -0.940. The van der Waals surface area contributed by atoms with E-state index in [2.05, 4.69) is 15.5 Å². The number of hydrogen-bond donors (Lipinski definition) is 1. The maximum Gasteiger partial charge on any atom is 0.251 e. The van der Waals surface area contributed by atoms with Crippen LogP contribution >= 0.6 is 0 Å². The maximum absolute atomic E-state index is 14.3. The van der Waals surface area contributed by atoms with E-state index in [0.29, 0.717) is 11.5 Å². The molecule has 0 saturated carbocycles. The van der Waals surface area contributed by atoms with Gasteiger partial charge in [0.25, 0.3) is 5.91 Å². The summed E-state index contributed by atoms with van der Waals surface area (Å²) in [6.45, 7) is 0.837. The van der Waals surface area contributed by atoms with Gasteiger partial charge in [-0.3, -0.25) is 9.20 Å². The van der Waals surface area contributed by atoms with Crippen LogP contribution in [0.15, 0.2) is 47.5 Å². The largest absolute Gasteiger partial charge is 0.379 e. The quantitative estimate of drug-likeness (QED) is 0.656. The van der Waals surface area contributed by atoms with E-state index in [1.165, 1.54) is 6.07 Å². The summed E-state index contributed by atoms with van der Waals surface area (Å²) in [5.41, 5.74) is 0.671. The van der Waals surface area contributed by atoms with Gasteiger partial charge in [0.05, 0.1) is 19.8 Å². The fourth-order valence-corrected chi connectivity index (χ4v) is 4.54. The van der Waals surface area contributed by atoms with E-state index in [0.717, 1.165) is 16.4 Å². The first kappa shape index (κ1) is 19.4. The molecule has 1 N–H and O–H groups in total. The molecular weight excluding hydrogens is 401 g/mol. The molecule has 0 aliphatic carbocycles. The minimum Gasteiger partial charge on any atom is -0.379 e. The molecule has 0 spiro atoms. The van der Waals surface area contributed by atoms with E-state index in [1.54, 1.807) is 16.7 Å². The predicted molar refractivity (Wildman–Crippen MR) is 100 cm³/mol. The summed E-state index contributed by atoms with van der Waals surface area (Å²) < 4.78 is 47.8. The van der Waals surface area contributed by atoms with Crippen molar-refractivity contribution in [2.75, 3.05) is 26.3 Å². The average molecular weight is 419 g/mol. The van der Waals surface area contributed by atoms with Crippen molar-refractivity contribution in [1.29, 1.82) is 0 Å². The third-order valence-electron chi connectivity index (χ3n) is 4.57. The normalized spacial score (nSPS) is 15.5. The molecule has 3 aromatic rings. The first-order valence-electron chi connectivity index (χ1n) is 8.91. The molecule has 1 aliphatic heterocycles. The van der Waals surface area contributed by atoms with Crippen LogP contribution in [-0.4, -0.2) is 59.5 Å². The van der Waals surface area contributed by atoms with Crippen LogP contribution in [-0.2, 0) is 21.3 Å². The van der Waals surface area contributed by atoms with Gasteiger partial charge in [-0.25, -0.2) is 12.8 Å². The molecule has 1 aliphatic rings. The number of ether oxygens (including phenoxy) is 1. The number of carbonyl (C=O) groups excluding carboxylic acids is 1. The minimum absolute atomic E-state index is 0.0343. The molecular formula is C18H18FN5O4S. The Morgan fingerprint density at radius 3 is 2.76 bits per heavy atom. The van der Waals surface area contributed by atoms with E-state index < -0.39 is 26.6 Å². The zero-order chi connectivity index (χ0) is 20.4. The van der Waals surface area contributed by atoms with Crippen molar-refractivity contribution in [1.82, 2.24) is 24.2 Å². The van der Waals surface area contributed by atoms with Crippen LogP contribution in [0.4, 0.5) is 4.39 Å². The molecule has 1 amide bonds. The van der Waals surface area contributed by atoms with Gasteiger partial charge in [0, 0.05) is 24.8 Å². The Balaban J connectivity index is 1.54. The van der Waals surface area contributed by atoms with Crippen LogP contribution in [0, 0.1) is 5.82 Å². The van der Waals surface area contributed by atoms with E-state index >= 15 is 0 Å². The summed E-state index contributed by atoms with van der Waals surface area (Å²) >= 11 is 0. The molecule has 0 radical (unpaired) electrons. The highest BCUT2D eigenvalue weighted by atomic mass is 32.2. The monoisotopic (exact) mass is 419 g/mol. The number of carbonyl (C=O) groups is 1. The molecule has 3 heterocycles. The lowest BCUT2D eigenvalue weighted by atomic mass is 10.2. The maximum atomic E-state index is 14.3. The third kappa shape index (κ3) is 3.84. The fraction of sp³-hybridized carbons (Fsp3) is 0.278. The Labute approximate surface area is 166 Å². The number of morpholine rings is 1. The molecule has 0 bridgehead atoms. The number of nitrogens with one attached hydrogen (secondary N) is 1. The second-order valence-electron chi connectivity index (χ2n) is 6.39. The Hall–Kier alpha value is -2.89. The zero-order valence-electron chi connectivity index (χ0n) is 15.3. The van der Waals surface area contributed by atoms with Crippen molar-refractivity contribution in [2.24, 2.45) is 0 Å². The number of nitrogens with zero attached hydrogens (tertiary/aromatic N) is 4. The number of aromatic nitrogens is 3. The van der Waals surface area contributed by atoms with Gasteiger partial charge in [-0.1, -0.05) is 6.07 Å². The Morgan fingerprint density at radius 2 is 1.97 bits per heavy atom. The van der Waals surface area contributed by atoms with Crippen LogP contribution < -0.4 is 5.32 Å². The average Bonchev–Trinajstić information content (AvgIpc) is 3.16.